The molecular formula is C111H71N5S2. The minimum Gasteiger partial charge on any atom is -0.311 e. The molecule has 0 fully saturated rings. The highest BCUT2D eigenvalue weighted by Gasteiger charge is 2.61. The lowest BCUT2D eigenvalue weighted by atomic mass is 9.59. The first-order valence-electron chi connectivity index (χ1n) is 40.8. The van der Waals surface area contributed by atoms with Gasteiger partial charge in [0, 0.05) is 103 Å². The fourth-order valence-corrected chi connectivity index (χ4v) is 24.2. The second kappa shape index (κ2) is 25.7. The topological polar surface area (TPSA) is 38.9 Å². The van der Waals surface area contributed by atoms with E-state index in [1.807, 2.05) is 23.5 Å². The second-order valence-electron chi connectivity index (χ2n) is 32.3. The number of aromatic nitrogens is 4. The zero-order chi connectivity index (χ0) is 77.5. The van der Waals surface area contributed by atoms with Gasteiger partial charge in [0.25, 0.3) is 0 Å². The zero-order valence-corrected chi connectivity index (χ0v) is 65.9. The van der Waals surface area contributed by atoms with E-state index in [1.54, 1.807) is 0 Å². The molecule has 3 aromatic heterocycles. The Hall–Kier alpha value is -14.1. The van der Waals surface area contributed by atoms with Gasteiger partial charge in [-0.2, -0.15) is 0 Å². The van der Waals surface area contributed by atoms with Crippen molar-refractivity contribution in [1.82, 2.24) is 19.1 Å². The van der Waals surface area contributed by atoms with E-state index in [-0.39, 0.29) is 11.3 Å². The van der Waals surface area contributed by atoms with Crippen LogP contribution in [0.1, 0.15) is 51.4 Å². The monoisotopic (exact) mass is 1540 g/mol. The van der Waals surface area contributed by atoms with Crippen LogP contribution >= 0.6 is 23.5 Å². The maximum absolute atomic E-state index is 5.63. The van der Waals surface area contributed by atoms with Crippen LogP contribution in [0.3, 0.4) is 0 Å². The molecule has 118 heavy (non-hydrogen) atoms. The molecule has 0 N–H and O–H groups in total. The van der Waals surface area contributed by atoms with Crippen molar-refractivity contribution in [1.29, 1.82) is 0 Å². The van der Waals surface area contributed by atoms with Gasteiger partial charge in [-0.15, -0.1) is 0 Å². The quantitative estimate of drug-likeness (QED) is 0.144. The Labute approximate surface area is 691 Å². The lowest BCUT2D eigenvalue weighted by Crippen LogP contribution is -2.42. The van der Waals surface area contributed by atoms with E-state index < -0.39 is 10.8 Å². The molecule has 0 radical (unpaired) electrons. The number of allylic oxidation sites excluding steroid dienone is 4. The minimum absolute atomic E-state index is 0.151. The fourth-order valence-electron chi connectivity index (χ4n) is 21.4. The lowest BCUT2D eigenvalue weighted by Gasteiger charge is -2.45. The van der Waals surface area contributed by atoms with Crippen molar-refractivity contribution in [2.75, 3.05) is 4.90 Å². The summed E-state index contributed by atoms with van der Waals surface area (Å²) >= 11 is 3.85. The Kier molecular flexibility index (Phi) is 14.7. The highest BCUT2D eigenvalue weighted by atomic mass is 32.2. The highest BCUT2D eigenvalue weighted by Crippen LogP contribution is 2.69. The van der Waals surface area contributed by atoms with Crippen molar-refractivity contribution >= 4 is 106 Å². The number of anilines is 3. The molecule has 5 heterocycles. The lowest BCUT2D eigenvalue weighted by molar-refractivity contribution is 0.358. The molecule has 2 spiro atoms. The average Bonchev–Trinajstić information content (AvgIpc) is 1.50. The summed E-state index contributed by atoms with van der Waals surface area (Å²) in [6.07, 6.45) is 9.48. The maximum atomic E-state index is 5.63. The summed E-state index contributed by atoms with van der Waals surface area (Å²) in [5.41, 5.74) is 28.6. The average molecular weight is 1540 g/mol. The smallest absolute Gasteiger partial charge is 0.162 e. The van der Waals surface area contributed by atoms with Crippen molar-refractivity contribution in [3.05, 3.63) is 451 Å². The molecule has 2 aliphatic heterocycles. The van der Waals surface area contributed by atoms with Crippen LogP contribution in [-0.4, -0.2) is 19.1 Å². The maximum Gasteiger partial charge on any atom is 0.162 e. The van der Waals surface area contributed by atoms with Gasteiger partial charge >= 0.3 is 0 Å². The van der Waals surface area contributed by atoms with Crippen LogP contribution in [0.15, 0.2) is 426 Å². The number of nitrogens with zero attached hydrogens (tertiary/aromatic N) is 5. The van der Waals surface area contributed by atoms with Gasteiger partial charge in [-0.05, 0) is 168 Å². The molecule has 7 heteroatoms. The van der Waals surface area contributed by atoms with Crippen LogP contribution in [0.25, 0.3) is 133 Å². The highest BCUT2D eigenvalue weighted by molar-refractivity contribution is 8.00. The SMILES string of the molecule is CC12C=CC=CC1C1(c3ccccc3Sc3c1ccc1c3c3ccc4ccccc4c3n1-c1cc(-c3ccc(-c4cccc(-c5ccc(N(c6ccccc6)c6ccc(-n7c8ccc9c(c8c8ccc%10ccccc%10c87)Sc7ccccc7C97c8ccccc8-c8ccccc87)cc6)cc5)c4)cc3)nc(-c3ccccc3)n1)c1ccccc12. The van der Waals surface area contributed by atoms with Gasteiger partial charge in [0.1, 0.15) is 5.82 Å². The van der Waals surface area contributed by atoms with Gasteiger partial charge in [-0.3, -0.25) is 4.57 Å². The Morgan fingerprint density at radius 2 is 0.822 bits per heavy atom. The van der Waals surface area contributed by atoms with Crippen molar-refractivity contribution in [3.8, 4) is 67.5 Å². The van der Waals surface area contributed by atoms with E-state index in [9.17, 15) is 0 Å². The summed E-state index contributed by atoms with van der Waals surface area (Å²) in [6, 6.07) is 142. The first-order valence-corrected chi connectivity index (χ1v) is 42.4. The third-order valence-electron chi connectivity index (χ3n) is 26.4. The van der Waals surface area contributed by atoms with E-state index in [4.69, 9.17) is 9.97 Å². The summed E-state index contributed by atoms with van der Waals surface area (Å²) in [4.78, 5) is 18.7. The third kappa shape index (κ3) is 9.48. The van der Waals surface area contributed by atoms with Crippen LogP contribution in [0, 0.1) is 5.92 Å². The number of rotatable bonds is 9. The molecular weight excluding hydrogens is 1470 g/mol. The van der Waals surface area contributed by atoms with Gasteiger partial charge in [0.15, 0.2) is 5.82 Å². The molecule has 3 aliphatic carbocycles. The zero-order valence-electron chi connectivity index (χ0n) is 64.3. The Morgan fingerprint density at radius 3 is 1.48 bits per heavy atom. The number of benzene rings is 17. The molecule has 552 valence electrons. The Morgan fingerprint density at radius 1 is 0.331 bits per heavy atom. The Bertz CT molecular complexity index is 7660. The molecule has 5 aliphatic rings. The van der Waals surface area contributed by atoms with Crippen molar-refractivity contribution in [2.24, 2.45) is 5.92 Å². The van der Waals surface area contributed by atoms with Gasteiger partial charge in [0.2, 0.25) is 0 Å². The summed E-state index contributed by atoms with van der Waals surface area (Å²) in [5.74, 6) is 1.63. The third-order valence-corrected chi connectivity index (χ3v) is 28.8. The molecule has 3 atom stereocenters. The number of fused-ring (bicyclic) bond motifs is 30. The standard InChI is InChI=1S/C111H71N5S2/c1-109-66-23-22-45-100(109)111(90-40-17-16-39-89(90)109)92-42-19-21-44-99(92)118-107-94(111)63-65-97-103(107)86-61-53-72-26-9-11-34-82(72)105(86)116(97)101-68-95(112-108(113-101)74-27-4-2-5-28-74)73-48-46-69(47-49-73)75-29-24-30-76(67-75)70-50-54-78(55-51-70)114(77-31-6-3-7-32-77)79-56-58-80(59-57-79)115-96-64-62-93-106(102(96)85-60-52-71-25-8-10-33-81(71)104(85)115)117-98-43-20-18-41-91(98)110(93)87-37-14-12-35-83(87)84-36-13-15-38-88(84)110/h2-68,100H,1H3. The molecule has 17 aromatic carbocycles. The van der Waals surface area contributed by atoms with Crippen molar-refractivity contribution in [3.63, 3.8) is 0 Å². The minimum atomic E-state index is -0.485. The van der Waals surface area contributed by atoms with E-state index in [2.05, 4.69) is 427 Å². The normalized spacial score (nSPS) is 16.8. The molecule has 25 rings (SSSR count). The largest absolute Gasteiger partial charge is 0.311 e. The van der Waals surface area contributed by atoms with E-state index >= 15 is 0 Å². The van der Waals surface area contributed by atoms with E-state index in [1.165, 1.54) is 129 Å². The number of hydrogen-bond acceptors (Lipinski definition) is 5. The predicted molar refractivity (Wildman–Crippen MR) is 490 cm³/mol. The van der Waals surface area contributed by atoms with Gasteiger partial charge in [-0.1, -0.05) is 352 Å². The molecule has 5 nitrogen and oxygen atoms in total. The molecule has 3 unspecified atom stereocenters. The number of hydrogen-bond donors (Lipinski definition) is 0. The summed E-state index contributed by atoms with van der Waals surface area (Å²) in [6.45, 7) is 2.45. The van der Waals surface area contributed by atoms with E-state index in [0.717, 1.165) is 78.7 Å². The molecule has 0 saturated heterocycles. The first kappa shape index (κ1) is 67.3. The summed E-state index contributed by atoms with van der Waals surface area (Å²) in [5, 5.41) is 9.77. The predicted octanol–water partition coefficient (Wildman–Crippen LogP) is 28.8. The van der Waals surface area contributed by atoms with Crippen LogP contribution in [0.5, 0.6) is 0 Å². The first-order chi connectivity index (χ1) is 58.4. The second-order valence-corrected chi connectivity index (χ2v) is 34.4. The van der Waals surface area contributed by atoms with Crippen LogP contribution < -0.4 is 4.90 Å². The molecule has 0 bridgehead atoms. The van der Waals surface area contributed by atoms with Gasteiger partial charge in [0.05, 0.1) is 38.6 Å². The van der Waals surface area contributed by atoms with Crippen LogP contribution in [0.4, 0.5) is 17.1 Å². The Balaban J connectivity index is 0.565. The number of para-hydroxylation sites is 1. The van der Waals surface area contributed by atoms with Crippen molar-refractivity contribution < 1.29 is 0 Å². The molecule has 0 amide bonds. The van der Waals surface area contributed by atoms with Crippen LogP contribution in [0.2, 0.25) is 0 Å². The van der Waals surface area contributed by atoms with E-state index in [0.29, 0.717) is 5.82 Å². The summed E-state index contributed by atoms with van der Waals surface area (Å²) < 4.78 is 4.97. The van der Waals surface area contributed by atoms with Crippen LogP contribution in [-0.2, 0) is 16.2 Å². The fraction of sp³-hybridized carbons (Fsp3) is 0.0450. The van der Waals surface area contributed by atoms with Gasteiger partial charge in [-0.25, -0.2) is 9.97 Å². The van der Waals surface area contributed by atoms with Crippen molar-refractivity contribution in [2.45, 2.75) is 42.8 Å². The molecule has 0 saturated carbocycles. The van der Waals surface area contributed by atoms with Gasteiger partial charge < -0.3 is 9.47 Å². The molecule has 20 aromatic rings. The summed E-state index contributed by atoms with van der Waals surface area (Å²) in [7, 11) is 0.